The lowest BCUT2D eigenvalue weighted by atomic mass is 9.85. The van der Waals surface area contributed by atoms with Gasteiger partial charge in [-0.05, 0) is 98.5 Å². The van der Waals surface area contributed by atoms with Crippen molar-refractivity contribution in [1.82, 2.24) is 15.4 Å². The zero-order valence-corrected chi connectivity index (χ0v) is 28.3. The highest BCUT2D eigenvalue weighted by Crippen LogP contribution is 2.53. The summed E-state index contributed by atoms with van der Waals surface area (Å²) >= 11 is 0. The number of rotatable bonds is 9. The van der Waals surface area contributed by atoms with Gasteiger partial charge in [-0.15, -0.1) is 0 Å². The number of aromatic nitrogens is 1. The summed E-state index contributed by atoms with van der Waals surface area (Å²) in [4.78, 5) is 28.3. The molecule has 3 aromatic carbocycles. The lowest BCUT2D eigenvalue weighted by Gasteiger charge is -2.29. The number of benzene rings is 3. The molecule has 6 rings (SSSR count). The molecule has 0 radical (unpaired) electrons. The average molecular weight is 655 g/mol. The molecular formula is C38H43FN4O5. The van der Waals surface area contributed by atoms with Crippen molar-refractivity contribution >= 4 is 23.7 Å². The predicted molar refractivity (Wildman–Crippen MR) is 182 cm³/mol. The van der Waals surface area contributed by atoms with E-state index in [2.05, 4.69) is 60.8 Å². The van der Waals surface area contributed by atoms with Gasteiger partial charge in [0.1, 0.15) is 17.5 Å². The summed E-state index contributed by atoms with van der Waals surface area (Å²) in [6, 6.07) is 23.4. The molecule has 4 aromatic rings. The number of hydrogen-bond acceptors (Lipinski definition) is 7. The van der Waals surface area contributed by atoms with Crippen LogP contribution < -0.4 is 10.6 Å². The fourth-order valence-electron chi connectivity index (χ4n) is 6.10. The lowest BCUT2D eigenvalue weighted by Crippen LogP contribution is -2.48. The number of amides is 2. The molecule has 1 aromatic heterocycles. The van der Waals surface area contributed by atoms with Gasteiger partial charge in [-0.2, -0.15) is 0 Å². The second kappa shape index (κ2) is 12.6. The van der Waals surface area contributed by atoms with E-state index in [0.717, 1.165) is 29.7 Å². The molecule has 2 aliphatic rings. The minimum Gasteiger partial charge on any atom is -0.444 e. The molecule has 1 saturated carbocycles. The highest BCUT2D eigenvalue weighted by Gasteiger charge is 2.56. The minimum atomic E-state index is -0.686. The second-order valence-electron chi connectivity index (χ2n) is 14.8. The van der Waals surface area contributed by atoms with E-state index in [4.69, 9.17) is 14.0 Å². The van der Waals surface area contributed by atoms with Gasteiger partial charge in [0.15, 0.2) is 11.6 Å². The van der Waals surface area contributed by atoms with Crippen LogP contribution in [0.3, 0.4) is 0 Å². The molecule has 2 amide bonds. The first-order valence-electron chi connectivity index (χ1n) is 16.4. The van der Waals surface area contributed by atoms with Crippen molar-refractivity contribution in [2.24, 2.45) is 0 Å². The Balaban J connectivity index is 1.17. The summed E-state index contributed by atoms with van der Waals surface area (Å²) in [5.41, 5.74) is 3.65. The molecule has 48 heavy (non-hydrogen) atoms. The summed E-state index contributed by atoms with van der Waals surface area (Å²) in [5, 5.41) is 10.3. The molecule has 2 N–H and O–H groups in total. The van der Waals surface area contributed by atoms with Crippen molar-refractivity contribution in [2.45, 2.75) is 89.5 Å². The van der Waals surface area contributed by atoms with Crippen LogP contribution in [0.4, 0.5) is 25.5 Å². The highest BCUT2D eigenvalue weighted by atomic mass is 19.1. The summed E-state index contributed by atoms with van der Waals surface area (Å²) in [6.07, 6.45) is 0.613. The van der Waals surface area contributed by atoms with E-state index in [1.54, 1.807) is 18.2 Å². The van der Waals surface area contributed by atoms with Gasteiger partial charge in [-0.3, -0.25) is 4.90 Å². The number of halogens is 1. The van der Waals surface area contributed by atoms with Gasteiger partial charge in [-0.25, -0.2) is 14.0 Å². The molecule has 1 saturated heterocycles. The number of carbonyl (C=O) groups excluding carboxylic acids is 2. The van der Waals surface area contributed by atoms with Crippen LogP contribution in [-0.2, 0) is 26.8 Å². The number of hydrogen-bond donors (Lipinski definition) is 2. The third-order valence-corrected chi connectivity index (χ3v) is 8.81. The van der Waals surface area contributed by atoms with Gasteiger partial charge >= 0.3 is 12.2 Å². The summed E-state index contributed by atoms with van der Waals surface area (Å²) in [7, 11) is 0. The SMILES string of the molecule is CC(C)(C)OC(=O)N[C@@H](Cc1ccc(Nc2cc(-c3ccc(F)cc3)on2)cc1)[C@H]1CN(C2(c3cccc(C(C)(C)C)c3)CC2)C(=O)O1. The summed E-state index contributed by atoms with van der Waals surface area (Å²) in [6.45, 7) is 12.3. The Bertz CT molecular complexity index is 1770. The van der Waals surface area contributed by atoms with E-state index in [-0.39, 0.29) is 17.3 Å². The fourth-order valence-corrected chi connectivity index (χ4v) is 6.10. The van der Waals surface area contributed by atoms with Crippen molar-refractivity contribution in [3.8, 4) is 11.3 Å². The topological polar surface area (TPSA) is 106 Å². The maximum atomic E-state index is 13.4. The standard InChI is InChI=1S/C38H43FN4O5/c1-36(2,3)26-8-7-9-27(21-26)38(18-19-38)43-23-32(46-35(43)45)30(41-34(44)47-37(4,5)6)20-24-10-16-29(17-11-24)40-33-22-31(48-42-33)25-12-14-28(39)15-13-25/h7-17,21-22,30,32H,18-20,23H2,1-6H3,(H,40,42)(H,41,44)/t30-,32+/m0/s1. The van der Waals surface area contributed by atoms with Crippen molar-refractivity contribution in [3.63, 3.8) is 0 Å². The van der Waals surface area contributed by atoms with E-state index in [1.165, 1.54) is 17.7 Å². The van der Waals surface area contributed by atoms with Crippen LogP contribution in [0.5, 0.6) is 0 Å². The van der Waals surface area contributed by atoms with E-state index in [0.29, 0.717) is 30.1 Å². The van der Waals surface area contributed by atoms with Gasteiger partial charge < -0.3 is 24.6 Å². The molecule has 2 heterocycles. The molecule has 0 bridgehead atoms. The number of ether oxygens (including phenoxy) is 2. The highest BCUT2D eigenvalue weighted by molar-refractivity contribution is 5.73. The van der Waals surface area contributed by atoms with Crippen LogP contribution in [0.1, 0.15) is 71.1 Å². The minimum absolute atomic E-state index is 0.0182. The molecular weight excluding hydrogens is 611 g/mol. The van der Waals surface area contributed by atoms with Crippen LogP contribution in [0.15, 0.2) is 83.4 Å². The third kappa shape index (κ3) is 7.48. The van der Waals surface area contributed by atoms with Gasteiger partial charge in [0.25, 0.3) is 0 Å². The third-order valence-electron chi connectivity index (χ3n) is 8.81. The largest absolute Gasteiger partial charge is 0.444 e. The maximum Gasteiger partial charge on any atom is 0.411 e. The number of carbonyl (C=O) groups is 2. The smallest absolute Gasteiger partial charge is 0.411 e. The Labute approximate surface area is 280 Å². The van der Waals surface area contributed by atoms with Crippen molar-refractivity contribution in [2.75, 3.05) is 11.9 Å². The first-order chi connectivity index (χ1) is 22.7. The predicted octanol–water partition coefficient (Wildman–Crippen LogP) is 8.47. The van der Waals surface area contributed by atoms with Gasteiger partial charge in [0.05, 0.1) is 18.1 Å². The van der Waals surface area contributed by atoms with Gasteiger partial charge in [0.2, 0.25) is 0 Å². The molecule has 1 aliphatic carbocycles. The van der Waals surface area contributed by atoms with Gasteiger partial charge in [-0.1, -0.05) is 62.3 Å². The van der Waals surface area contributed by atoms with Crippen LogP contribution in [-0.4, -0.2) is 46.5 Å². The Kier molecular flexibility index (Phi) is 8.70. The van der Waals surface area contributed by atoms with E-state index in [1.807, 2.05) is 49.9 Å². The Hall–Kier alpha value is -4.86. The molecule has 1 aliphatic heterocycles. The number of nitrogens with zero attached hydrogens (tertiary/aromatic N) is 2. The molecule has 2 atom stereocenters. The van der Waals surface area contributed by atoms with E-state index in [9.17, 15) is 14.0 Å². The zero-order valence-electron chi connectivity index (χ0n) is 28.3. The van der Waals surface area contributed by atoms with Crippen LogP contribution in [0.25, 0.3) is 11.3 Å². The normalized spacial score (nSPS) is 17.9. The Morgan fingerprint density at radius 1 is 1.02 bits per heavy atom. The van der Waals surface area contributed by atoms with E-state index < -0.39 is 29.4 Å². The van der Waals surface area contributed by atoms with Crippen LogP contribution in [0.2, 0.25) is 0 Å². The molecule has 0 spiro atoms. The quantitative estimate of drug-likeness (QED) is 0.187. The molecule has 2 fully saturated rings. The first-order valence-corrected chi connectivity index (χ1v) is 16.4. The average Bonchev–Trinajstić information content (AvgIpc) is 3.53. The number of nitrogens with one attached hydrogen (secondary N) is 2. The van der Waals surface area contributed by atoms with Gasteiger partial charge in [0, 0.05) is 17.3 Å². The van der Waals surface area contributed by atoms with E-state index >= 15 is 0 Å². The van der Waals surface area contributed by atoms with Crippen LogP contribution >= 0.6 is 0 Å². The number of anilines is 2. The molecule has 252 valence electrons. The van der Waals surface area contributed by atoms with Crippen molar-refractivity contribution in [1.29, 1.82) is 0 Å². The number of cyclic esters (lactones) is 1. The Morgan fingerprint density at radius 2 is 1.73 bits per heavy atom. The second-order valence-corrected chi connectivity index (χ2v) is 14.8. The molecule has 9 nitrogen and oxygen atoms in total. The maximum absolute atomic E-state index is 13.4. The molecule has 0 unspecified atom stereocenters. The van der Waals surface area contributed by atoms with Crippen molar-refractivity contribution < 1.29 is 28.0 Å². The number of alkyl carbamates (subject to hydrolysis) is 1. The van der Waals surface area contributed by atoms with Crippen molar-refractivity contribution in [3.05, 3.63) is 101 Å². The monoisotopic (exact) mass is 654 g/mol. The Morgan fingerprint density at radius 3 is 2.38 bits per heavy atom. The molecule has 10 heteroatoms. The lowest BCUT2D eigenvalue weighted by molar-refractivity contribution is 0.0436. The summed E-state index contributed by atoms with van der Waals surface area (Å²) in [5.74, 6) is 0.698. The fraction of sp³-hybridized carbons (Fsp3) is 0.395. The van der Waals surface area contributed by atoms with Crippen LogP contribution in [0, 0.1) is 5.82 Å². The zero-order chi connectivity index (χ0) is 34.3. The first kappa shape index (κ1) is 33.1. The summed E-state index contributed by atoms with van der Waals surface area (Å²) < 4.78 is 30.3.